The van der Waals surface area contributed by atoms with Gasteiger partial charge in [-0.05, 0) is 17.7 Å². The summed E-state index contributed by atoms with van der Waals surface area (Å²) in [5, 5.41) is 8.48. The number of nitrogens with zero attached hydrogens (tertiary/aromatic N) is 1. The number of hydrogen-bond acceptors (Lipinski definition) is 3. The molecular weight excluding hydrogens is 164 g/mol. The maximum atomic E-state index is 8.48. The Labute approximate surface area is 77.7 Å². The summed E-state index contributed by atoms with van der Waals surface area (Å²) in [4.78, 5) is 0. The van der Waals surface area contributed by atoms with Crippen LogP contribution in [0.2, 0.25) is 0 Å². The van der Waals surface area contributed by atoms with Gasteiger partial charge in [0, 0.05) is 6.54 Å². The van der Waals surface area contributed by atoms with Gasteiger partial charge in [0.15, 0.2) is 0 Å². The molecule has 0 heterocycles. The average Bonchev–Trinajstić information content (AvgIpc) is 2.16. The highest BCUT2D eigenvalue weighted by molar-refractivity contribution is 5.29. The molecular formula is C10H12N2O. The van der Waals surface area contributed by atoms with Gasteiger partial charge in [-0.3, -0.25) is 0 Å². The van der Waals surface area contributed by atoms with Crippen molar-refractivity contribution in [3.63, 3.8) is 0 Å². The van der Waals surface area contributed by atoms with E-state index in [9.17, 15) is 0 Å². The lowest BCUT2D eigenvalue weighted by molar-refractivity contribution is 0.328. The van der Waals surface area contributed by atoms with Crippen LogP contribution in [0.3, 0.4) is 0 Å². The first-order valence-corrected chi connectivity index (χ1v) is 4.15. The first kappa shape index (κ1) is 9.56. The van der Waals surface area contributed by atoms with Gasteiger partial charge in [-0.25, -0.2) is 0 Å². The van der Waals surface area contributed by atoms with E-state index in [1.165, 1.54) is 0 Å². The molecule has 1 rings (SSSR count). The zero-order chi connectivity index (χ0) is 9.52. The van der Waals surface area contributed by atoms with Crippen molar-refractivity contribution in [2.24, 2.45) is 5.73 Å². The number of hydrogen-bond donors (Lipinski definition) is 1. The molecule has 0 unspecified atom stereocenters. The highest BCUT2D eigenvalue weighted by atomic mass is 16.5. The second-order valence-corrected chi connectivity index (χ2v) is 2.62. The van der Waals surface area contributed by atoms with E-state index in [0.29, 0.717) is 19.6 Å². The third-order valence-electron chi connectivity index (χ3n) is 1.57. The predicted octanol–water partition coefficient (Wildman–Crippen LogP) is 1.09. The van der Waals surface area contributed by atoms with Crippen molar-refractivity contribution in [3.8, 4) is 11.8 Å². The smallest absolute Gasteiger partial charge is 0.119 e. The summed E-state index contributed by atoms with van der Waals surface area (Å²) in [6, 6.07) is 9.58. The minimum atomic E-state index is 0.416. The van der Waals surface area contributed by atoms with Crippen LogP contribution in [0.1, 0.15) is 5.56 Å². The SMILES string of the molecule is N#CCc1cccc(OCCN)c1. The van der Waals surface area contributed by atoms with Crippen LogP contribution in [-0.2, 0) is 6.42 Å². The van der Waals surface area contributed by atoms with Crippen LogP contribution in [0.15, 0.2) is 24.3 Å². The second kappa shape index (κ2) is 5.18. The topological polar surface area (TPSA) is 59.0 Å². The maximum Gasteiger partial charge on any atom is 0.119 e. The Bertz CT molecular complexity index is 304. The minimum absolute atomic E-state index is 0.416. The Morgan fingerprint density at radius 3 is 3.00 bits per heavy atom. The van der Waals surface area contributed by atoms with E-state index in [2.05, 4.69) is 6.07 Å². The highest BCUT2D eigenvalue weighted by Crippen LogP contribution is 2.13. The fourth-order valence-corrected chi connectivity index (χ4v) is 1.01. The Morgan fingerprint density at radius 1 is 1.46 bits per heavy atom. The fourth-order valence-electron chi connectivity index (χ4n) is 1.01. The molecule has 0 radical (unpaired) electrons. The van der Waals surface area contributed by atoms with Crippen molar-refractivity contribution >= 4 is 0 Å². The van der Waals surface area contributed by atoms with Crippen molar-refractivity contribution in [1.29, 1.82) is 5.26 Å². The molecule has 2 N–H and O–H groups in total. The molecule has 3 nitrogen and oxygen atoms in total. The summed E-state index contributed by atoms with van der Waals surface area (Å²) < 4.78 is 5.31. The Hall–Kier alpha value is -1.53. The van der Waals surface area contributed by atoms with E-state index in [1.807, 2.05) is 24.3 Å². The van der Waals surface area contributed by atoms with Gasteiger partial charge in [0.1, 0.15) is 12.4 Å². The molecule has 13 heavy (non-hydrogen) atoms. The van der Waals surface area contributed by atoms with E-state index < -0.39 is 0 Å². The van der Waals surface area contributed by atoms with Crippen LogP contribution in [0, 0.1) is 11.3 Å². The van der Waals surface area contributed by atoms with Crippen LogP contribution in [0.4, 0.5) is 0 Å². The van der Waals surface area contributed by atoms with Crippen molar-refractivity contribution in [2.45, 2.75) is 6.42 Å². The average molecular weight is 176 g/mol. The molecule has 0 amide bonds. The highest BCUT2D eigenvalue weighted by Gasteiger charge is 1.95. The third kappa shape index (κ3) is 3.14. The van der Waals surface area contributed by atoms with Crippen LogP contribution >= 0.6 is 0 Å². The van der Waals surface area contributed by atoms with Crippen LogP contribution in [0.25, 0.3) is 0 Å². The standard InChI is InChI=1S/C10H12N2O/c11-5-4-9-2-1-3-10(8-9)13-7-6-12/h1-3,8H,4,6-7,12H2. The monoisotopic (exact) mass is 176 g/mol. The van der Waals surface area contributed by atoms with Gasteiger partial charge in [-0.15, -0.1) is 0 Å². The molecule has 0 aliphatic heterocycles. The van der Waals surface area contributed by atoms with E-state index in [4.69, 9.17) is 15.7 Å². The van der Waals surface area contributed by atoms with Gasteiger partial charge < -0.3 is 10.5 Å². The molecule has 0 aromatic heterocycles. The minimum Gasteiger partial charge on any atom is -0.492 e. The van der Waals surface area contributed by atoms with Crippen LogP contribution in [-0.4, -0.2) is 13.2 Å². The fraction of sp³-hybridized carbons (Fsp3) is 0.300. The molecule has 68 valence electrons. The van der Waals surface area contributed by atoms with Crippen LogP contribution in [0.5, 0.6) is 5.75 Å². The summed E-state index contributed by atoms with van der Waals surface area (Å²) in [6.45, 7) is 1.01. The van der Waals surface area contributed by atoms with Crippen LogP contribution < -0.4 is 10.5 Å². The quantitative estimate of drug-likeness (QED) is 0.747. The largest absolute Gasteiger partial charge is 0.492 e. The summed E-state index contributed by atoms with van der Waals surface area (Å²) in [5.41, 5.74) is 6.27. The van der Waals surface area contributed by atoms with Crippen molar-refractivity contribution in [3.05, 3.63) is 29.8 Å². The summed E-state index contributed by atoms with van der Waals surface area (Å²) in [7, 11) is 0. The van der Waals surface area contributed by atoms with E-state index in [-0.39, 0.29) is 0 Å². The van der Waals surface area contributed by atoms with Gasteiger partial charge in [0.05, 0.1) is 12.5 Å². The van der Waals surface area contributed by atoms with Gasteiger partial charge >= 0.3 is 0 Å². The van der Waals surface area contributed by atoms with E-state index in [0.717, 1.165) is 11.3 Å². The summed E-state index contributed by atoms with van der Waals surface area (Å²) >= 11 is 0. The Kier molecular flexibility index (Phi) is 3.80. The van der Waals surface area contributed by atoms with Gasteiger partial charge in [-0.2, -0.15) is 5.26 Å². The second-order valence-electron chi connectivity index (χ2n) is 2.62. The molecule has 0 saturated carbocycles. The zero-order valence-electron chi connectivity index (χ0n) is 7.36. The van der Waals surface area contributed by atoms with Crippen molar-refractivity contribution in [1.82, 2.24) is 0 Å². The molecule has 0 atom stereocenters. The lowest BCUT2D eigenvalue weighted by Gasteiger charge is -2.04. The first-order valence-electron chi connectivity index (χ1n) is 4.15. The molecule has 1 aromatic rings. The molecule has 0 bridgehead atoms. The van der Waals surface area contributed by atoms with Gasteiger partial charge in [-0.1, -0.05) is 12.1 Å². The summed E-state index contributed by atoms with van der Waals surface area (Å²) in [6.07, 6.45) is 0.416. The van der Waals surface area contributed by atoms with Crippen molar-refractivity contribution in [2.75, 3.05) is 13.2 Å². The summed E-state index contributed by atoms with van der Waals surface area (Å²) in [5.74, 6) is 0.776. The number of rotatable bonds is 4. The Balaban J connectivity index is 2.63. The Morgan fingerprint density at radius 2 is 2.31 bits per heavy atom. The number of ether oxygens (including phenoxy) is 1. The maximum absolute atomic E-state index is 8.48. The number of benzene rings is 1. The third-order valence-corrected chi connectivity index (χ3v) is 1.57. The molecule has 0 fully saturated rings. The lowest BCUT2D eigenvalue weighted by Crippen LogP contribution is -2.10. The molecule has 0 spiro atoms. The molecule has 0 aliphatic rings. The normalized spacial score (nSPS) is 9.23. The lowest BCUT2D eigenvalue weighted by atomic mass is 10.2. The number of nitrogens with two attached hydrogens (primary N) is 1. The predicted molar refractivity (Wildman–Crippen MR) is 50.3 cm³/mol. The number of nitriles is 1. The first-order chi connectivity index (χ1) is 6.36. The molecule has 3 heteroatoms. The van der Waals surface area contributed by atoms with E-state index in [1.54, 1.807) is 0 Å². The molecule has 0 aliphatic carbocycles. The van der Waals surface area contributed by atoms with E-state index >= 15 is 0 Å². The molecule has 0 saturated heterocycles. The van der Waals surface area contributed by atoms with Gasteiger partial charge in [0.25, 0.3) is 0 Å². The van der Waals surface area contributed by atoms with Gasteiger partial charge in [0.2, 0.25) is 0 Å². The van der Waals surface area contributed by atoms with Crippen molar-refractivity contribution < 1.29 is 4.74 Å². The zero-order valence-corrected chi connectivity index (χ0v) is 7.36. The molecule has 1 aromatic carbocycles.